The molecule has 1 heterocycles. The molecule has 0 aromatic heterocycles. The van der Waals surface area contributed by atoms with Crippen molar-refractivity contribution in [2.45, 2.75) is 25.4 Å². The molecule has 1 unspecified atom stereocenters. The molecule has 18 heavy (non-hydrogen) atoms. The molecular formula is C13H19Cl2FN2. The lowest BCUT2D eigenvalue weighted by Crippen LogP contribution is -2.36. The zero-order valence-electron chi connectivity index (χ0n) is 10.5. The van der Waals surface area contributed by atoms with Gasteiger partial charge >= 0.3 is 0 Å². The second-order valence-corrected chi connectivity index (χ2v) is 4.98. The second-order valence-electron chi connectivity index (χ2n) is 4.57. The molecule has 5 heteroatoms. The fourth-order valence-electron chi connectivity index (χ4n) is 2.44. The van der Waals surface area contributed by atoms with Gasteiger partial charge in [0.15, 0.2) is 0 Å². The van der Waals surface area contributed by atoms with Crippen molar-refractivity contribution in [3.8, 4) is 0 Å². The van der Waals surface area contributed by atoms with Crippen LogP contribution in [-0.4, -0.2) is 31.1 Å². The van der Waals surface area contributed by atoms with Crippen LogP contribution < -0.4 is 5.32 Å². The highest BCUT2D eigenvalue weighted by atomic mass is 35.5. The lowest BCUT2D eigenvalue weighted by molar-refractivity contribution is 0.242. The van der Waals surface area contributed by atoms with Gasteiger partial charge in [-0.2, -0.15) is 0 Å². The molecular weight excluding hydrogens is 274 g/mol. The number of hydrogen-bond donors (Lipinski definition) is 1. The van der Waals surface area contributed by atoms with E-state index < -0.39 is 0 Å². The van der Waals surface area contributed by atoms with Gasteiger partial charge in [-0.05, 0) is 44.1 Å². The van der Waals surface area contributed by atoms with Gasteiger partial charge in [-0.25, -0.2) is 4.39 Å². The summed E-state index contributed by atoms with van der Waals surface area (Å²) < 4.78 is 13.1. The second kappa shape index (κ2) is 7.29. The molecule has 1 fully saturated rings. The van der Waals surface area contributed by atoms with Crippen molar-refractivity contribution in [3.63, 3.8) is 0 Å². The molecule has 0 spiro atoms. The van der Waals surface area contributed by atoms with Crippen molar-refractivity contribution in [1.29, 1.82) is 0 Å². The number of hydrogen-bond acceptors (Lipinski definition) is 2. The Kier molecular flexibility index (Phi) is 6.36. The Labute approximate surface area is 119 Å². The SMILES string of the molecule is CNCC1CCCN1Cc1ccc(F)c(Cl)c1.Cl. The first-order valence-electron chi connectivity index (χ1n) is 6.03. The predicted octanol–water partition coefficient (Wildman–Crippen LogP) is 3.08. The highest BCUT2D eigenvalue weighted by Gasteiger charge is 2.23. The van der Waals surface area contributed by atoms with Gasteiger partial charge in [0.2, 0.25) is 0 Å². The molecule has 1 aromatic rings. The van der Waals surface area contributed by atoms with E-state index in [0.717, 1.165) is 25.2 Å². The van der Waals surface area contributed by atoms with Crippen molar-refractivity contribution < 1.29 is 4.39 Å². The van der Waals surface area contributed by atoms with Crippen LogP contribution in [0.1, 0.15) is 18.4 Å². The van der Waals surface area contributed by atoms with E-state index >= 15 is 0 Å². The summed E-state index contributed by atoms with van der Waals surface area (Å²) in [4.78, 5) is 2.43. The number of rotatable bonds is 4. The third kappa shape index (κ3) is 3.82. The molecule has 2 nitrogen and oxygen atoms in total. The highest BCUT2D eigenvalue weighted by Crippen LogP contribution is 2.22. The minimum atomic E-state index is -0.344. The van der Waals surface area contributed by atoms with E-state index in [1.807, 2.05) is 13.1 Å². The van der Waals surface area contributed by atoms with Gasteiger partial charge in [0.1, 0.15) is 5.82 Å². The Hall–Kier alpha value is -0.350. The van der Waals surface area contributed by atoms with Crippen molar-refractivity contribution in [3.05, 3.63) is 34.6 Å². The zero-order chi connectivity index (χ0) is 12.3. The summed E-state index contributed by atoms with van der Waals surface area (Å²) in [5, 5.41) is 3.43. The summed E-state index contributed by atoms with van der Waals surface area (Å²) in [5.41, 5.74) is 1.08. The summed E-state index contributed by atoms with van der Waals surface area (Å²) in [6.07, 6.45) is 2.47. The molecule has 0 radical (unpaired) electrons. The van der Waals surface area contributed by atoms with Gasteiger partial charge in [0, 0.05) is 19.1 Å². The highest BCUT2D eigenvalue weighted by molar-refractivity contribution is 6.30. The van der Waals surface area contributed by atoms with Crippen LogP contribution >= 0.6 is 24.0 Å². The fraction of sp³-hybridized carbons (Fsp3) is 0.538. The van der Waals surface area contributed by atoms with Gasteiger partial charge in [0.05, 0.1) is 5.02 Å². The number of halogens is 3. The maximum atomic E-state index is 13.1. The van der Waals surface area contributed by atoms with Crippen molar-refractivity contribution >= 4 is 24.0 Å². The maximum absolute atomic E-state index is 13.1. The number of nitrogens with one attached hydrogen (secondary N) is 1. The average molecular weight is 293 g/mol. The van der Waals surface area contributed by atoms with Gasteiger partial charge in [-0.1, -0.05) is 17.7 Å². The normalized spacial score (nSPS) is 19.8. The monoisotopic (exact) mass is 292 g/mol. The van der Waals surface area contributed by atoms with E-state index in [1.54, 1.807) is 6.07 Å². The summed E-state index contributed by atoms with van der Waals surface area (Å²) >= 11 is 5.79. The van der Waals surface area contributed by atoms with Crippen LogP contribution in [0.15, 0.2) is 18.2 Å². The van der Waals surface area contributed by atoms with Crippen LogP contribution in [0.3, 0.4) is 0 Å². The van der Waals surface area contributed by atoms with Crippen LogP contribution in [0.4, 0.5) is 4.39 Å². The predicted molar refractivity (Wildman–Crippen MR) is 76.0 cm³/mol. The van der Waals surface area contributed by atoms with E-state index in [4.69, 9.17) is 11.6 Å². The number of nitrogens with zero attached hydrogens (tertiary/aromatic N) is 1. The van der Waals surface area contributed by atoms with E-state index in [9.17, 15) is 4.39 Å². The van der Waals surface area contributed by atoms with Crippen LogP contribution in [0, 0.1) is 5.82 Å². The molecule has 1 atom stereocenters. The molecule has 1 N–H and O–H groups in total. The smallest absolute Gasteiger partial charge is 0.141 e. The van der Waals surface area contributed by atoms with E-state index in [0.29, 0.717) is 6.04 Å². The van der Waals surface area contributed by atoms with Gasteiger partial charge in [0.25, 0.3) is 0 Å². The summed E-state index contributed by atoms with van der Waals surface area (Å²) in [7, 11) is 1.98. The first kappa shape index (κ1) is 15.7. The third-order valence-corrected chi connectivity index (χ3v) is 3.60. The molecule has 0 saturated carbocycles. The first-order valence-corrected chi connectivity index (χ1v) is 6.41. The van der Waals surface area contributed by atoms with Crippen molar-refractivity contribution in [1.82, 2.24) is 10.2 Å². The van der Waals surface area contributed by atoms with Crippen molar-refractivity contribution in [2.75, 3.05) is 20.1 Å². The van der Waals surface area contributed by atoms with E-state index in [-0.39, 0.29) is 23.2 Å². The molecule has 1 saturated heterocycles. The number of likely N-dealkylation sites (N-methyl/N-ethyl adjacent to an activating group) is 1. The molecule has 1 aromatic carbocycles. The maximum Gasteiger partial charge on any atom is 0.141 e. The molecule has 1 aliphatic rings. The molecule has 2 rings (SSSR count). The van der Waals surface area contributed by atoms with Crippen LogP contribution in [0.2, 0.25) is 5.02 Å². The van der Waals surface area contributed by atoms with E-state index in [2.05, 4.69) is 10.2 Å². The van der Waals surface area contributed by atoms with Crippen molar-refractivity contribution in [2.24, 2.45) is 0 Å². The van der Waals surface area contributed by atoms with Gasteiger partial charge in [-0.15, -0.1) is 12.4 Å². The van der Waals surface area contributed by atoms with Gasteiger partial charge in [-0.3, -0.25) is 4.90 Å². The van der Waals surface area contributed by atoms with Gasteiger partial charge < -0.3 is 5.32 Å². The topological polar surface area (TPSA) is 15.3 Å². The summed E-state index contributed by atoms with van der Waals surface area (Å²) in [6, 6.07) is 5.58. The Morgan fingerprint density at radius 3 is 2.94 bits per heavy atom. The number of benzene rings is 1. The zero-order valence-corrected chi connectivity index (χ0v) is 12.0. The standard InChI is InChI=1S/C13H18ClFN2.ClH/c1-16-8-11-3-2-6-17(11)9-10-4-5-13(15)12(14)7-10;/h4-5,7,11,16H,2-3,6,8-9H2,1H3;1H. The van der Waals surface area contributed by atoms with Crippen LogP contribution in [0.5, 0.6) is 0 Å². The molecule has 0 amide bonds. The quantitative estimate of drug-likeness (QED) is 0.917. The van der Waals surface area contributed by atoms with E-state index in [1.165, 1.54) is 18.9 Å². The minimum Gasteiger partial charge on any atom is -0.318 e. The Morgan fingerprint density at radius 2 is 2.28 bits per heavy atom. The van der Waals surface area contributed by atoms with Crippen LogP contribution in [0.25, 0.3) is 0 Å². The first-order chi connectivity index (χ1) is 8.20. The van der Waals surface area contributed by atoms with Crippen LogP contribution in [-0.2, 0) is 6.54 Å². The average Bonchev–Trinajstić information content (AvgIpc) is 2.72. The molecule has 1 aliphatic heterocycles. The lowest BCUT2D eigenvalue weighted by Gasteiger charge is -2.24. The molecule has 0 bridgehead atoms. The largest absolute Gasteiger partial charge is 0.318 e. The Balaban J connectivity index is 0.00000162. The fourth-order valence-corrected chi connectivity index (χ4v) is 2.65. The number of likely N-dealkylation sites (tertiary alicyclic amines) is 1. The molecule has 0 aliphatic carbocycles. The lowest BCUT2D eigenvalue weighted by atomic mass is 10.2. The summed E-state index contributed by atoms with van der Waals surface area (Å²) in [5.74, 6) is -0.344. The summed E-state index contributed by atoms with van der Waals surface area (Å²) in [6.45, 7) is 2.97. The molecule has 102 valence electrons. The Bertz CT molecular complexity index is 387. The Morgan fingerprint density at radius 1 is 1.50 bits per heavy atom. The minimum absolute atomic E-state index is 0. The third-order valence-electron chi connectivity index (χ3n) is 3.31.